The first-order valence-electron chi connectivity index (χ1n) is 8.11. The molecule has 0 bridgehead atoms. The van der Waals surface area contributed by atoms with E-state index in [0.29, 0.717) is 0 Å². The first-order valence-corrected chi connectivity index (χ1v) is 8.11. The highest BCUT2D eigenvalue weighted by atomic mass is 15.0. The standard InChI is InChI=1S/C20H19N3/c1-14-16(13-21)3-2-4-19(14)15-5-6-20-17(11-15)12-18-7-8-22-9-10-23(18)20/h2-6,11-12,22H,7-10H2,1H3. The van der Waals surface area contributed by atoms with Gasteiger partial charge >= 0.3 is 0 Å². The van der Waals surface area contributed by atoms with Crippen LogP contribution in [0.4, 0.5) is 0 Å². The van der Waals surface area contributed by atoms with Gasteiger partial charge in [-0.15, -0.1) is 0 Å². The zero-order valence-corrected chi connectivity index (χ0v) is 13.3. The lowest BCUT2D eigenvalue weighted by Gasteiger charge is -2.09. The Morgan fingerprint density at radius 3 is 2.91 bits per heavy atom. The molecule has 1 aromatic heterocycles. The molecular formula is C20H19N3. The molecule has 0 unspecified atom stereocenters. The van der Waals surface area contributed by atoms with E-state index in [2.05, 4.69) is 46.3 Å². The van der Waals surface area contributed by atoms with E-state index in [1.54, 1.807) is 0 Å². The molecular weight excluding hydrogens is 282 g/mol. The minimum absolute atomic E-state index is 0.751. The van der Waals surface area contributed by atoms with Crippen molar-refractivity contribution in [2.24, 2.45) is 0 Å². The summed E-state index contributed by atoms with van der Waals surface area (Å²) >= 11 is 0. The summed E-state index contributed by atoms with van der Waals surface area (Å²) in [6.45, 7) is 5.13. The van der Waals surface area contributed by atoms with Crippen LogP contribution in [0.3, 0.4) is 0 Å². The first kappa shape index (κ1) is 14.0. The highest BCUT2D eigenvalue weighted by Gasteiger charge is 2.13. The minimum Gasteiger partial charge on any atom is -0.343 e. The van der Waals surface area contributed by atoms with Crippen LogP contribution in [-0.4, -0.2) is 17.7 Å². The fourth-order valence-electron chi connectivity index (χ4n) is 3.57. The highest BCUT2D eigenvalue weighted by Crippen LogP contribution is 2.30. The topological polar surface area (TPSA) is 40.8 Å². The number of hydrogen-bond acceptors (Lipinski definition) is 2. The summed E-state index contributed by atoms with van der Waals surface area (Å²) in [7, 11) is 0. The van der Waals surface area contributed by atoms with E-state index < -0.39 is 0 Å². The van der Waals surface area contributed by atoms with Crippen LogP contribution in [0.1, 0.15) is 16.8 Å². The molecule has 1 aliphatic heterocycles. The molecule has 0 spiro atoms. The maximum absolute atomic E-state index is 9.24. The van der Waals surface area contributed by atoms with E-state index in [-0.39, 0.29) is 0 Å². The van der Waals surface area contributed by atoms with Gasteiger partial charge in [0.1, 0.15) is 0 Å². The van der Waals surface area contributed by atoms with Crippen LogP contribution in [0.15, 0.2) is 42.5 Å². The number of benzene rings is 2. The smallest absolute Gasteiger partial charge is 0.0994 e. The van der Waals surface area contributed by atoms with Crippen LogP contribution in [0.25, 0.3) is 22.0 Å². The minimum atomic E-state index is 0.751. The van der Waals surface area contributed by atoms with Crippen LogP contribution < -0.4 is 5.32 Å². The number of aromatic nitrogens is 1. The fourth-order valence-corrected chi connectivity index (χ4v) is 3.57. The molecule has 2 heterocycles. The van der Waals surface area contributed by atoms with Gasteiger partial charge in [0.25, 0.3) is 0 Å². The largest absolute Gasteiger partial charge is 0.343 e. The maximum Gasteiger partial charge on any atom is 0.0994 e. The molecule has 0 aliphatic carbocycles. The van der Waals surface area contributed by atoms with Crippen LogP contribution in [0.2, 0.25) is 0 Å². The van der Waals surface area contributed by atoms with Crippen molar-refractivity contribution in [1.82, 2.24) is 9.88 Å². The molecule has 3 aromatic rings. The predicted octanol–water partition coefficient (Wildman–Crippen LogP) is 3.63. The molecule has 1 aliphatic rings. The second-order valence-electron chi connectivity index (χ2n) is 6.15. The monoisotopic (exact) mass is 301 g/mol. The van der Waals surface area contributed by atoms with E-state index in [1.165, 1.54) is 22.2 Å². The molecule has 0 saturated heterocycles. The third kappa shape index (κ3) is 2.32. The molecule has 2 aromatic carbocycles. The lowest BCUT2D eigenvalue weighted by atomic mass is 9.96. The van der Waals surface area contributed by atoms with E-state index >= 15 is 0 Å². The summed E-state index contributed by atoms with van der Waals surface area (Å²) in [5.41, 5.74) is 6.85. The van der Waals surface area contributed by atoms with Gasteiger partial charge in [-0.2, -0.15) is 5.26 Å². The maximum atomic E-state index is 9.24. The number of nitrogens with zero attached hydrogens (tertiary/aromatic N) is 2. The van der Waals surface area contributed by atoms with Crippen molar-refractivity contribution in [2.75, 3.05) is 13.1 Å². The highest BCUT2D eigenvalue weighted by molar-refractivity contribution is 5.87. The van der Waals surface area contributed by atoms with Gasteiger partial charge < -0.3 is 9.88 Å². The molecule has 0 amide bonds. The van der Waals surface area contributed by atoms with Gasteiger partial charge in [-0.25, -0.2) is 0 Å². The normalized spacial score (nSPS) is 14.3. The van der Waals surface area contributed by atoms with Gasteiger partial charge in [0, 0.05) is 42.7 Å². The molecule has 1 N–H and O–H groups in total. The van der Waals surface area contributed by atoms with Crippen molar-refractivity contribution in [3.63, 3.8) is 0 Å². The summed E-state index contributed by atoms with van der Waals surface area (Å²) in [5.74, 6) is 0. The number of hydrogen-bond donors (Lipinski definition) is 1. The van der Waals surface area contributed by atoms with Crippen molar-refractivity contribution >= 4 is 10.9 Å². The third-order valence-electron chi connectivity index (χ3n) is 4.82. The van der Waals surface area contributed by atoms with E-state index in [9.17, 15) is 5.26 Å². The molecule has 0 saturated carbocycles. The Bertz CT molecular complexity index is 928. The third-order valence-corrected chi connectivity index (χ3v) is 4.82. The van der Waals surface area contributed by atoms with Gasteiger partial charge in [0.05, 0.1) is 11.6 Å². The average molecular weight is 301 g/mol. The molecule has 3 heteroatoms. The van der Waals surface area contributed by atoms with Crippen LogP contribution in [0.5, 0.6) is 0 Å². The summed E-state index contributed by atoms with van der Waals surface area (Å²) < 4.78 is 2.43. The molecule has 3 nitrogen and oxygen atoms in total. The Balaban J connectivity index is 1.86. The van der Waals surface area contributed by atoms with E-state index in [1.807, 2.05) is 19.1 Å². The number of nitriles is 1. The number of rotatable bonds is 1. The molecule has 4 rings (SSSR count). The lowest BCUT2D eigenvalue weighted by molar-refractivity contribution is 0.658. The van der Waals surface area contributed by atoms with Crippen LogP contribution >= 0.6 is 0 Å². The van der Waals surface area contributed by atoms with Gasteiger partial charge in [0.2, 0.25) is 0 Å². The molecule has 23 heavy (non-hydrogen) atoms. The second-order valence-corrected chi connectivity index (χ2v) is 6.15. The zero-order chi connectivity index (χ0) is 15.8. The van der Waals surface area contributed by atoms with Gasteiger partial charge in [0.15, 0.2) is 0 Å². The molecule has 0 atom stereocenters. The summed E-state index contributed by atoms with van der Waals surface area (Å²) in [6, 6.07) is 17.2. The predicted molar refractivity (Wildman–Crippen MR) is 93.4 cm³/mol. The zero-order valence-electron chi connectivity index (χ0n) is 13.3. The van der Waals surface area contributed by atoms with E-state index in [4.69, 9.17) is 0 Å². The van der Waals surface area contributed by atoms with Crippen molar-refractivity contribution in [1.29, 1.82) is 5.26 Å². The Kier molecular flexibility index (Phi) is 3.40. The lowest BCUT2D eigenvalue weighted by Crippen LogP contribution is -2.17. The van der Waals surface area contributed by atoms with Gasteiger partial charge in [-0.1, -0.05) is 18.2 Å². The Labute approximate surface area is 136 Å². The SMILES string of the molecule is Cc1c(C#N)cccc1-c1ccc2c(c1)cc1n2CCNCC1. The van der Waals surface area contributed by atoms with Crippen LogP contribution in [-0.2, 0) is 13.0 Å². The molecule has 114 valence electrons. The van der Waals surface area contributed by atoms with Crippen LogP contribution in [0, 0.1) is 18.3 Å². The van der Waals surface area contributed by atoms with Gasteiger partial charge in [-0.05, 0) is 47.9 Å². The quantitative estimate of drug-likeness (QED) is 0.745. The summed E-state index contributed by atoms with van der Waals surface area (Å²) in [4.78, 5) is 0. The Morgan fingerprint density at radius 1 is 1.13 bits per heavy atom. The second kappa shape index (κ2) is 5.57. The average Bonchev–Trinajstić information content (AvgIpc) is 2.75. The summed E-state index contributed by atoms with van der Waals surface area (Å²) in [5, 5.41) is 14.0. The first-order chi connectivity index (χ1) is 11.3. The number of fused-ring (bicyclic) bond motifs is 3. The fraction of sp³-hybridized carbons (Fsp3) is 0.250. The summed E-state index contributed by atoms with van der Waals surface area (Å²) in [6.07, 6.45) is 1.08. The Hall–Kier alpha value is -2.57. The van der Waals surface area contributed by atoms with E-state index in [0.717, 1.165) is 42.7 Å². The van der Waals surface area contributed by atoms with Crippen molar-refractivity contribution in [3.8, 4) is 17.2 Å². The van der Waals surface area contributed by atoms with Crippen molar-refractivity contribution < 1.29 is 0 Å². The van der Waals surface area contributed by atoms with Crippen molar-refractivity contribution in [2.45, 2.75) is 19.9 Å². The Morgan fingerprint density at radius 2 is 2.04 bits per heavy atom. The molecule has 0 fully saturated rings. The van der Waals surface area contributed by atoms with Gasteiger partial charge in [-0.3, -0.25) is 0 Å². The van der Waals surface area contributed by atoms with Crippen molar-refractivity contribution in [3.05, 3.63) is 59.3 Å². The number of nitrogens with one attached hydrogen (secondary N) is 1. The molecule has 0 radical (unpaired) electrons.